The van der Waals surface area contributed by atoms with E-state index in [-0.39, 0.29) is 30.0 Å². The molecule has 152 valence electrons. The Labute approximate surface area is 168 Å². The van der Waals surface area contributed by atoms with E-state index < -0.39 is 18.5 Å². The number of thioether (sulfide) groups is 1. The first-order valence-corrected chi connectivity index (χ1v) is 9.94. The number of hydrogen-bond acceptors (Lipinski definition) is 6. The van der Waals surface area contributed by atoms with Crippen LogP contribution in [0.2, 0.25) is 0 Å². The van der Waals surface area contributed by atoms with E-state index in [0.29, 0.717) is 29.8 Å². The van der Waals surface area contributed by atoms with Gasteiger partial charge in [-0.25, -0.2) is 4.79 Å². The first kappa shape index (κ1) is 21.7. The molecule has 1 atom stereocenters. The van der Waals surface area contributed by atoms with Crippen LogP contribution in [0, 0.1) is 5.92 Å². The number of primary amides is 1. The highest BCUT2D eigenvalue weighted by Gasteiger charge is 2.27. The van der Waals surface area contributed by atoms with Crippen molar-refractivity contribution < 1.29 is 23.9 Å². The summed E-state index contributed by atoms with van der Waals surface area (Å²) in [5, 5.41) is 0. The lowest BCUT2D eigenvalue weighted by atomic mass is 9.97. The fraction of sp³-hybridized carbons (Fsp3) is 0.474. The maximum Gasteiger partial charge on any atom is 0.339 e. The molecule has 1 heterocycles. The van der Waals surface area contributed by atoms with Gasteiger partial charge >= 0.3 is 5.97 Å². The second-order valence-electron chi connectivity index (χ2n) is 6.73. The number of nitrogens with two attached hydrogens (primary N) is 1. The smallest absolute Gasteiger partial charge is 0.339 e. The fourth-order valence-electron chi connectivity index (χ4n) is 2.76. The van der Waals surface area contributed by atoms with E-state index in [2.05, 4.69) is 0 Å². The molecule has 0 spiro atoms. The zero-order chi connectivity index (χ0) is 20.7. The number of carbonyl (C=O) groups excluding carboxylic acids is 4. The number of amides is 3. The van der Waals surface area contributed by atoms with Gasteiger partial charge in [-0.3, -0.25) is 14.4 Å². The summed E-state index contributed by atoms with van der Waals surface area (Å²) in [6.45, 7) is 0.365. The van der Waals surface area contributed by atoms with Crippen molar-refractivity contribution in [1.29, 1.82) is 0 Å². The van der Waals surface area contributed by atoms with Crippen molar-refractivity contribution in [2.75, 3.05) is 39.5 Å². The van der Waals surface area contributed by atoms with Gasteiger partial charge in [0.25, 0.3) is 5.91 Å². The number of likely N-dealkylation sites (tertiary alicyclic amines) is 1. The van der Waals surface area contributed by atoms with E-state index in [9.17, 15) is 19.2 Å². The van der Waals surface area contributed by atoms with Gasteiger partial charge in [0.1, 0.15) is 0 Å². The van der Waals surface area contributed by atoms with Crippen molar-refractivity contribution in [3.8, 4) is 0 Å². The minimum Gasteiger partial charge on any atom is -0.452 e. The standard InChI is InChI=1S/C19H25N3O5S/c1-21(2)17(24)12-28-15-8-4-3-7-14(15)19(26)27-11-16(23)22-9-5-6-13(10-22)18(20)25/h3-4,7-8,13H,5-6,9-12H2,1-2H3,(H2,20,25)/t13-/m1/s1. The van der Waals surface area contributed by atoms with Gasteiger partial charge in [0.2, 0.25) is 11.8 Å². The number of hydrogen-bond donors (Lipinski definition) is 1. The lowest BCUT2D eigenvalue weighted by Gasteiger charge is -2.31. The van der Waals surface area contributed by atoms with Crippen LogP contribution in [0.5, 0.6) is 0 Å². The first-order valence-electron chi connectivity index (χ1n) is 8.95. The quantitative estimate of drug-likeness (QED) is 0.528. The molecule has 1 saturated heterocycles. The monoisotopic (exact) mass is 407 g/mol. The number of benzene rings is 1. The molecule has 1 aliphatic rings. The summed E-state index contributed by atoms with van der Waals surface area (Å²) in [6.07, 6.45) is 1.35. The van der Waals surface area contributed by atoms with Crippen LogP contribution in [0.4, 0.5) is 0 Å². The van der Waals surface area contributed by atoms with Crippen LogP contribution in [0.3, 0.4) is 0 Å². The summed E-state index contributed by atoms with van der Waals surface area (Å²) in [7, 11) is 3.33. The van der Waals surface area contributed by atoms with Gasteiger partial charge < -0.3 is 20.3 Å². The Morgan fingerprint density at radius 3 is 2.64 bits per heavy atom. The molecule has 2 N–H and O–H groups in total. The third-order valence-corrected chi connectivity index (χ3v) is 5.52. The largest absolute Gasteiger partial charge is 0.452 e. The fourth-order valence-corrected chi connectivity index (χ4v) is 3.78. The summed E-state index contributed by atoms with van der Waals surface area (Å²) in [4.78, 5) is 51.4. The first-order chi connectivity index (χ1) is 13.3. The van der Waals surface area contributed by atoms with E-state index in [1.54, 1.807) is 38.4 Å². The summed E-state index contributed by atoms with van der Waals surface area (Å²) < 4.78 is 5.18. The van der Waals surface area contributed by atoms with Crippen molar-refractivity contribution in [3.63, 3.8) is 0 Å². The van der Waals surface area contributed by atoms with Crippen LogP contribution >= 0.6 is 11.8 Å². The summed E-state index contributed by atoms with van der Waals surface area (Å²) in [5.41, 5.74) is 5.63. The predicted octanol–water partition coefficient (Wildman–Crippen LogP) is 0.748. The van der Waals surface area contributed by atoms with Gasteiger partial charge in [-0.1, -0.05) is 12.1 Å². The number of piperidine rings is 1. The third kappa shape index (κ3) is 5.98. The molecule has 0 saturated carbocycles. The van der Waals surface area contributed by atoms with Crippen LogP contribution in [0.1, 0.15) is 23.2 Å². The van der Waals surface area contributed by atoms with Crippen LogP contribution < -0.4 is 5.73 Å². The molecule has 1 aromatic rings. The van der Waals surface area contributed by atoms with Gasteiger partial charge in [0.15, 0.2) is 6.61 Å². The van der Waals surface area contributed by atoms with Crippen molar-refractivity contribution in [3.05, 3.63) is 29.8 Å². The Bertz CT molecular complexity index is 753. The van der Waals surface area contributed by atoms with Crippen molar-refractivity contribution in [2.24, 2.45) is 11.7 Å². The highest BCUT2D eigenvalue weighted by Crippen LogP contribution is 2.24. The molecule has 8 nitrogen and oxygen atoms in total. The Morgan fingerprint density at radius 1 is 1.25 bits per heavy atom. The molecule has 3 amide bonds. The van der Waals surface area contributed by atoms with E-state index in [1.165, 1.54) is 21.6 Å². The topological polar surface area (TPSA) is 110 Å². The van der Waals surface area contributed by atoms with Crippen LogP contribution in [-0.2, 0) is 19.1 Å². The van der Waals surface area contributed by atoms with Crippen molar-refractivity contribution >= 4 is 35.5 Å². The molecular formula is C19H25N3O5S. The second kappa shape index (κ2) is 10.1. The molecule has 0 aromatic heterocycles. The van der Waals surface area contributed by atoms with Crippen LogP contribution in [0.25, 0.3) is 0 Å². The van der Waals surface area contributed by atoms with Crippen LogP contribution in [-0.4, -0.2) is 73.0 Å². The lowest BCUT2D eigenvalue weighted by Crippen LogP contribution is -2.45. The van der Waals surface area contributed by atoms with Gasteiger partial charge in [-0.15, -0.1) is 11.8 Å². The number of esters is 1. The molecule has 0 bridgehead atoms. The zero-order valence-electron chi connectivity index (χ0n) is 16.1. The molecular weight excluding hydrogens is 382 g/mol. The highest BCUT2D eigenvalue weighted by atomic mass is 32.2. The van der Waals surface area contributed by atoms with Gasteiger partial charge in [-0.2, -0.15) is 0 Å². The summed E-state index contributed by atoms with van der Waals surface area (Å²) in [5.74, 6) is -1.65. The molecule has 0 unspecified atom stereocenters. The van der Waals surface area contributed by atoms with Crippen molar-refractivity contribution in [2.45, 2.75) is 17.7 Å². The molecule has 28 heavy (non-hydrogen) atoms. The number of carbonyl (C=O) groups is 4. The summed E-state index contributed by atoms with van der Waals surface area (Å²) >= 11 is 1.24. The molecule has 2 rings (SSSR count). The average Bonchev–Trinajstić information content (AvgIpc) is 2.70. The molecule has 1 fully saturated rings. The Balaban J connectivity index is 1.93. The Kier molecular flexibility index (Phi) is 7.86. The zero-order valence-corrected chi connectivity index (χ0v) is 16.9. The minimum absolute atomic E-state index is 0.0718. The van der Waals surface area contributed by atoms with E-state index in [1.807, 2.05) is 0 Å². The Morgan fingerprint density at radius 2 is 1.96 bits per heavy atom. The molecule has 9 heteroatoms. The maximum absolute atomic E-state index is 12.4. The van der Waals surface area contributed by atoms with Crippen LogP contribution in [0.15, 0.2) is 29.2 Å². The lowest BCUT2D eigenvalue weighted by molar-refractivity contribution is -0.138. The van der Waals surface area contributed by atoms with Gasteiger partial charge in [0, 0.05) is 32.1 Å². The van der Waals surface area contributed by atoms with Gasteiger partial charge in [-0.05, 0) is 25.0 Å². The van der Waals surface area contributed by atoms with Crippen molar-refractivity contribution in [1.82, 2.24) is 9.80 Å². The number of rotatable bonds is 7. The predicted molar refractivity (Wildman–Crippen MR) is 105 cm³/mol. The van der Waals surface area contributed by atoms with E-state index in [4.69, 9.17) is 10.5 Å². The number of nitrogens with zero attached hydrogens (tertiary/aromatic N) is 2. The molecule has 0 radical (unpaired) electrons. The normalized spacial score (nSPS) is 16.4. The average molecular weight is 407 g/mol. The van der Waals surface area contributed by atoms with Gasteiger partial charge in [0.05, 0.1) is 17.2 Å². The number of ether oxygens (including phenoxy) is 1. The molecule has 1 aromatic carbocycles. The second-order valence-corrected chi connectivity index (χ2v) is 7.75. The van der Waals surface area contributed by atoms with E-state index >= 15 is 0 Å². The third-order valence-electron chi connectivity index (χ3n) is 4.46. The Hall–Kier alpha value is -2.55. The molecule has 1 aliphatic heterocycles. The van der Waals surface area contributed by atoms with E-state index in [0.717, 1.165) is 0 Å². The maximum atomic E-state index is 12.4. The highest BCUT2D eigenvalue weighted by molar-refractivity contribution is 8.00. The SMILES string of the molecule is CN(C)C(=O)CSc1ccccc1C(=O)OCC(=O)N1CCC[C@@H](C(N)=O)C1. The minimum atomic E-state index is -0.628. The molecule has 0 aliphatic carbocycles. The summed E-state index contributed by atoms with van der Waals surface area (Å²) in [6, 6.07) is 6.79.